The molecule has 634 valence electrons. The lowest BCUT2D eigenvalue weighted by Crippen LogP contribution is -2.47. The van der Waals surface area contributed by atoms with Gasteiger partial charge in [-0.2, -0.15) is 5.10 Å². The van der Waals surface area contributed by atoms with Gasteiger partial charge in [-0.05, 0) is 198 Å². The van der Waals surface area contributed by atoms with Crippen LogP contribution in [-0.2, 0) is 112 Å². The fraction of sp³-hybridized carbons (Fsp3) is 0.400. The van der Waals surface area contributed by atoms with Gasteiger partial charge in [-0.3, -0.25) is 38.4 Å². The van der Waals surface area contributed by atoms with Crippen molar-refractivity contribution < 1.29 is 28.8 Å². The van der Waals surface area contributed by atoms with Gasteiger partial charge in [-0.1, -0.05) is 246 Å². The SMILES string of the molecule is CC(C)(C)c1cccc(C(=O)Cc2cccnc2)c1.CC(C)(C)c1cccc(C(=O)Cc2cncnc2)c1.CC(C)(C)c1cccc2c1CC(=O)N(C1CCC1)C2.CC(C)N1Cc2cccc(C(C)(C)C)c2CC1=O.CNc1ccc(N2Cc3cccc(C(C)(C)C)c3CC2=O)cn1.Cn1ncc2cc(CC(=O)c3cccc(C(C)(C)C)c3)ccc21. The molecule has 1 saturated carbocycles. The topological polar surface area (TPSA) is 194 Å². The molecule has 0 atom stereocenters. The molecule has 1 aliphatic carbocycles. The molecule has 3 amide bonds. The number of ketones is 3. The number of hydrogen-bond acceptors (Lipinski definition) is 12. The van der Waals surface area contributed by atoms with E-state index in [-0.39, 0.29) is 67.7 Å². The molecule has 1 fully saturated rings. The third-order valence-electron chi connectivity index (χ3n) is 23.0. The van der Waals surface area contributed by atoms with Crippen molar-refractivity contribution in [3.8, 4) is 0 Å². The van der Waals surface area contributed by atoms with Crippen LogP contribution in [0.2, 0.25) is 0 Å². The first-order valence-corrected chi connectivity index (χ1v) is 42.8. The van der Waals surface area contributed by atoms with E-state index in [1.165, 1.54) is 92.4 Å². The number of aryl methyl sites for hydroxylation is 1. The summed E-state index contributed by atoms with van der Waals surface area (Å²) in [6.45, 7) is 45.6. The van der Waals surface area contributed by atoms with Crippen LogP contribution in [0.3, 0.4) is 0 Å². The Bertz CT molecular complexity index is 5340. The van der Waals surface area contributed by atoms with Crippen molar-refractivity contribution in [2.24, 2.45) is 7.05 Å². The fourth-order valence-corrected chi connectivity index (χ4v) is 15.7. The number of nitrogens with one attached hydrogen (secondary N) is 1. The van der Waals surface area contributed by atoms with E-state index in [1.54, 1.807) is 31.0 Å². The van der Waals surface area contributed by atoms with Gasteiger partial charge in [0.05, 0.1) is 49.4 Å². The number of fused-ring (bicyclic) bond motifs is 4. The van der Waals surface area contributed by atoms with Crippen molar-refractivity contribution in [3.63, 3.8) is 0 Å². The van der Waals surface area contributed by atoms with Gasteiger partial charge in [0.2, 0.25) is 17.7 Å². The van der Waals surface area contributed by atoms with Crippen LogP contribution in [0.1, 0.15) is 272 Å². The summed E-state index contributed by atoms with van der Waals surface area (Å²) in [4.78, 5) is 96.5. The maximum absolute atomic E-state index is 12.7. The van der Waals surface area contributed by atoms with Gasteiger partial charge in [-0.15, -0.1) is 0 Å². The smallest absolute Gasteiger partial charge is 0.231 e. The number of nitrogens with zero attached hydrogens (tertiary/aromatic N) is 9. The molecule has 0 saturated heterocycles. The highest BCUT2D eigenvalue weighted by Crippen LogP contribution is 2.38. The number of hydrogen-bond donors (Lipinski definition) is 1. The maximum atomic E-state index is 12.7. The maximum Gasteiger partial charge on any atom is 0.231 e. The summed E-state index contributed by atoms with van der Waals surface area (Å²) < 4.78 is 1.84. The highest BCUT2D eigenvalue weighted by molar-refractivity contribution is 6.00. The summed E-state index contributed by atoms with van der Waals surface area (Å²) in [5.41, 5.74) is 22.6. The number of amides is 3. The van der Waals surface area contributed by atoms with E-state index < -0.39 is 0 Å². The van der Waals surface area contributed by atoms with Crippen LogP contribution >= 0.6 is 0 Å². The zero-order valence-corrected chi connectivity index (χ0v) is 75.8. The van der Waals surface area contributed by atoms with Crippen molar-refractivity contribution in [1.82, 2.24) is 39.5 Å². The first-order valence-electron chi connectivity index (χ1n) is 42.8. The van der Waals surface area contributed by atoms with Crippen molar-refractivity contribution >= 4 is 57.5 Å². The van der Waals surface area contributed by atoms with E-state index in [2.05, 4.69) is 247 Å². The number of aromatic nitrogens is 6. The lowest BCUT2D eigenvalue weighted by Gasteiger charge is -2.41. The summed E-state index contributed by atoms with van der Waals surface area (Å²) in [7, 11) is 3.75. The van der Waals surface area contributed by atoms with Crippen LogP contribution in [0, 0.1) is 0 Å². The number of anilines is 2. The molecule has 3 aliphatic heterocycles. The number of carbonyl (C=O) groups is 6. The van der Waals surface area contributed by atoms with E-state index in [1.807, 2.05) is 132 Å². The van der Waals surface area contributed by atoms with Gasteiger partial charge in [-0.25, -0.2) is 15.0 Å². The van der Waals surface area contributed by atoms with E-state index in [9.17, 15) is 28.8 Å². The Kier molecular flexibility index (Phi) is 29.6. The third-order valence-corrected chi connectivity index (χ3v) is 23.0. The monoisotopic (exact) mass is 1630 g/mol. The fourth-order valence-electron chi connectivity index (χ4n) is 15.7. The average Bonchev–Trinajstić information content (AvgIpc) is 1.70. The van der Waals surface area contributed by atoms with Crippen molar-refractivity contribution in [3.05, 3.63) is 314 Å². The van der Waals surface area contributed by atoms with Crippen molar-refractivity contribution in [2.45, 2.75) is 260 Å². The minimum atomic E-state index is 0.0454. The summed E-state index contributed by atoms with van der Waals surface area (Å²) >= 11 is 0. The second-order valence-corrected chi connectivity index (χ2v) is 39.0. The van der Waals surface area contributed by atoms with Gasteiger partial charge < -0.3 is 20.0 Å². The summed E-state index contributed by atoms with van der Waals surface area (Å²) in [5, 5.41) is 8.31. The van der Waals surface area contributed by atoms with Crippen LogP contribution in [0.25, 0.3) is 10.9 Å². The van der Waals surface area contributed by atoms with Crippen LogP contribution in [0.15, 0.2) is 213 Å². The molecule has 11 aromatic rings. The average molecular weight is 1630 g/mol. The Hall–Kier alpha value is -11.4. The molecule has 4 aromatic heterocycles. The second-order valence-electron chi connectivity index (χ2n) is 39.0. The highest BCUT2D eigenvalue weighted by Gasteiger charge is 2.36. The molecule has 0 unspecified atom stereocenters. The van der Waals surface area contributed by atoms with Gasteiger partial charge >= 0.3 is 0 Å². The Morgan fingerprint density at radius 1 is 0.438 bits per heavy atom. The molecule has 121 heavy (non-hydrogen) atoms. The van der Waals surface area contributed by atoms with E-state index in [4.69, 9.17) is 0 Å². The molecule has 7 aromatic carbocycles. The molecular formula is C105H128N10O6. The van der Waals surface area contributed by atoms with E-state index in [0.717, 1.165) is 68.9 Å². The summed E-state index contributed by atoms with van der Waals surface area (Å²) in [6.07, 6.45) is 18.3. The molecule has 16 nitrogen and oxygen atoms in total. The molecule has 7 heterocycles. The molecular weight excluding hydrogens is 1500 g/mol. The molecule has 4 aliphatic rings. The summed E-state index contributed by atoms with van der Waals surface area (Å²) in [5.74, 6) is 1.91. The van der Waals surface area contributed by atoms with Crippen molar-refractivity contribution in [2.75, 3.05) is 17.3 Å². The second kappa shape index (κ2) is 39.0. The minimum absolute atomic E-state index is 0.0454. The quantitative estimate of drug-likeness (QED) is 0.108. The van der Waals surface area contributed by atoms with Gasteiger partial charge in [0.15, 0.2) is 17.3 Å². The van der Waals surface area contributed by atoms with Gasteiger partial charge in [0.1, 0.15) is 12.1 Å². The van der Waals surface area contributed by atoms with Crippen LogP contribution in [0.4, 0.5) is 11.5 Å². The Balaban J connectivity index is 0.000000153. The van der Waals surface area contributed by atoms with Crippen molar-refractivity contribution in [1.29, 1.82) is 0 Å². The lowest BCUT2D eigenvalue weighted by atomic mass is 9.79. The molecule has 15 rings (SSSR count). The van der Waals surface area contributed by atoms with E-state index >= 15 is 0 Å². The van der Waals surface area contributed by atoms with Crippen LogP contribution < -0.4 is 10.2 Å². The predicted octanol–water partition coefficient (Wildman–Crippen LogP) is 21.5. The number of rotatable bonds is 13. The standard InChI is InChI=1S/C20H22N2O.C19H23N3O.C17H23NO.C17H19NO.C16H18N2O.C16H23NO/c1-20(2,3)17-7-5-6-15(12-17)19(23)11-14-8-9-18-16(10-14)13-21-22(18)4;1-19(2,3)16-7-5-6-13-12-22(18(23)10-15(13)16)14-8-9-17(20-4)21-11-14;1-17(2,3)15-9-4-6-12-11-18(13-7-5-8-13)16(19)10-14(12)15;1-17(2,3)15-8-4-7-14(11-15)16(19)10-13-6-5-9-18-12-13;1-16(2,3)14-6-4-5-13(8-14)15(19)7-12-9-17-11-18-10-12;1-11(2)17-10-12-7-6-8-14(16(3,4)5)13(12)9-15(17)18/h5-10,12-13H,11H2,1-4H3;5-9,11H,10,12H2,1-4H3,(H,20,21);4,6,9,13H,5,7-8,10-11H2,1-3H3;4-9,11-12H,10H2,1-3H3;4-6,8-11H,7H2,1-3H3;6-8,11H,9-10H2,1-5H3. The zero-order chi connectivity index (χ0) is 88.1. The summed E-state index contributed by atoms with van der Waals surface area (Å²) in [6, 6.07) is 57.5. The zero-order valence-electron chi connectivity index (χ0n) is 75.8. The van der Waals surface area contributed by atoms with Crippen LogP contribution in [0.5, 0.6) is 0 Å². The normalized spacial score (nSPS) is 14.1. The first-order chi connectivity index (χ1) is 56.9. The van der Waals surface area contributed by atoms with Gasteiger partial charge in [0, 0.05) is 105 Å². The Morgan fingerprint density at radius 3 is 1.31 bits per heavy atom. The number of benzene rings is 7. The van der Waals surface area contributed by atoms with E-state index in [0.29, 0.717) is 57.0 Å². The minimum Gasteiger partial charge on any atom is -0.373 e. The molecule has 16 heteroatoms. The number of carbonyl (C=O) groups excluding carboxylic acids is 6. The number of Topliss-reactive ketones (excluding diaryl/α,β-unsaturated/α-hetero) is 3. The lowest BCUT2D eigenvalue weighted by molar-refractivity contribution is -0.136. The molecule has 0 bridgehead atoms. The Morgan fingerprint density at radius 2 is 0.884 bits per heavy atom. The van der Waals surface area contributed by atoms with Gasteiger partial charge in [0.25, 0.3) is 0 Å². The highest BCUT2D eigenvalue weighted by atomic mass is 16.2. The Labute approximate surface area is 719 Å². The molecule has 1 N–H and O–H groups in total. The van der Waals surface area contributed by atoms with Crippen LogP contribution in [-0.4, -0.2) is 93.7 Å². The number of pyridine rings is 2. The third kappa shape index (κ3) is 24.5. The molecule has 0 radical (unpaired) electrons. The largest absolute Gasteiger partial charge is 0.373 e. The first kappa shape index (κ1) is 91.9. The molecule has 0 spiro atoms. The predicted molar refractivity (Wildman–Crippen MR) is 492 cm³/mol.